The van der Waals surface area contributed by atoms with Gasteiger partial charge in [-0.05, 0) is 31.4 Å². The van der Waals surface area contributed by atoms with E-state index < -0.39 is 0 Å². The Morgan fingerprint density at radius 3 is 2.57 bits per heavy atom. The summed E-state index contributed by atoms with van der Waals surface area (Å²) in [6, 6.07) is 2.23. The van der Waals surface area contributed by atoms with Crippen LogP contribution in [-0.4, -0.2) is 34.3 Å². The van der Waals surface area contributed by atoms with Crippen LogP contribution < -0.4 is 4.90 Å². The molecular formula is C16H23N3OS. The van der Waals surface area contributed by atoms with Crippen LogP contribution in [0, 0.1) is 6.92 Å². The van der Waals surface area contributed by atoms with Crippen LogP contribution in [0.4, 0.5) is 5.69 Å². The summed E-state index contributed by atoms with van der Waals surface area (Å²) in [6.45, 7) is 8.08. The van der Waals surface area contributed by atoms with Crippen molar-refractivity contribution in [2.45, 2.75) is 45.8 Å². The summed E-state index contributed by atoms with van der Waals surface area (Å²) in [5, 5.41) is 1.19. The number of rotatable bonds is 1. The molecule has 0 aliphatic carbocycles. The number of aromatic nitrogens is 2. The lowest BCUT2D eigenvalue weighted by Crippen LogP contribution is -2.42. The van der Waals surface area contributed by atoms with E-state index >= 15 is 0 Å². The molecule has 2 atom stereocenters. The van der Waals surface area contributed by atoms with Crippen LogP contribution in [0.1, 0.15) is 32.3 Å². The van der Waals surface area contributed by atoms with E-state index in [4.69, 9.17) is 4.74 Å². The fourth-order valence-electron chi connectivity index (χ4n) is 3.23. The molecule has 0 radical (unpaired) electrons. The van der Waals surface area contributed by atoms with Crippen LogP contribution in [0.15, 0.2) is 18.5 Å². The summed E-state index contributed by atoms with van der Waals surface area (Å²) >= 11 is 4.39. The molecular weight excluding hydrogens is 282 g/mol. The number of hydrogen-bond acceptors (Lipinski definition) is 4. The summed E-state index contributed by atoms with van der Waals surface area (Å²) in [4.78, 5) is 6.96. The molecule has 2 aromatic heterocycles. The first-order chi connectivity index (χ1) is 10.2. The van der Waals surface area contributed by atoms with Crippen LogP contribution in [0.2, 0.25) is 0 Å². The van der Waals surface area contributed by atoms with Crippen LogP contribution >= 0.6 is 12.8 Å². The van der Waals surface area contributed by atoms with Gasteiger partial charge in [-0.2, -0.15) is 0 Å². The Morgan fingerprint density at radius 2 is 1.90 bits per heavy atom. The Hall–Kier alpha value is -1.20. The third-order valence-corrected chi connectivity index (χ3v) is 4.52. The normalized spacial score (nSPS) is 24.1. The molecule has 114 valence electrons. The van der Waals surface area contributed by atoms with E-state index in [9.17, 15) is 0 Å². The Morgan fingerprint density at radius 1 is 1.24 bits per heavy atom. The summed E-state index contributed by atoms with van der Waals surface area (Å²) in [6.07, 6.45) is 7.17. The predicted octanol–water partition coefficient (Wildman–Crippen LogP) is 3.43. The number of nitrogens with zero attached hydrogens (tertiary/aromatic N) is 3. The maximum Gasteiger partial charge on any atom is 0.150 e. The van der Waals surface area contributed by atoms with Gasteiger partial charge >= 0.3 is 0 Å². The standard InChI is InChI=1S/C14H17N3OS.C2H6/c1-9-6-17(19)14-13(9)4-10(5-15-14)16-7-11-2-3-12(8-16)18-11;1-2/h4-6,11-12,19H,2-3,7-8H2,1H3;1-2H3. The van der Waals surface area contributed by atoms with Gasteiger partial charge in [0.1, 0.15) is 5.65 Å². The van der Waals surface area contributed by atoms with Gasteiger partial charge in [-0.1, -0.05) is 26.7 Å². The molecule has 4 heterocycles. The smallest absolute Gasteiger partial charge is 0.150 e. The molecule has 0 aromatic carbocycles. The number of aryl methyl sites for hydroxylation is 1. The molecule has 2 unspecified atom stereocenters. The van der Waals surface area contributed by atoms with Gasteiger partial charge in [0, 0.05) is 24.7 Å². The quantitative estimate of drug-likeness (QED) is 0.819. The second-order valence-electron chi connectivity index (χ2n) is 5.58. The highest BCUT2D eigenvalue weighted by Gasteiger charge is 2.33. The number of anilines is 1. The van der Waals surface area contributed by atoms with Crippen molar-refractivity contribution in [2.75, 3.05) is 18.0 Å². The van der Waals surface area contributed by atoms with Crippen LogP contribution in [0.3, 0.4) is 0 Å². The largest absolute Gasteiger partial charge is 0.371 e. The van der Waals surface area contributed by atoms with E-state index in [-0.39, 0.29) is 0 Å². The highest BCUT2D eigenvalue weighted by molar-refractivity contribution is 7.78. The van der Waals surface area contributed by atoms with Gasteiger partial charge in [0.05, 0.1) is 24.1 Å². The van der Waals surface area contributed by atoms with Crippen molar-refractivity contribution in [3.05, 3.63) is 24.0 Å². The molecule has 2 aromatic rings. The third-order valence-electron chi connectivity index (χ3n) is 4.22. The minimum atomic E-state index is 0.407. The average molecular weight is 305 g/mol. The van der Waals surface area contributed by atoms with E-state index in [1.807, 2.05) is 26.2 Å². The molecule has 2 bridgehead atoms. The van der Waals surface area contributed by atoms with Crippen molar-refractivity contribution < 1.29 is 4.74 Å². The van der Waals surface area contributed by atoms with Gasteiger partial charge in [0.25, 0.3) is 0 Å². The van der Waals surface area contributed by atoms with Crippen molar-refractivity contribution in [1.29, 1.82) is 0 Å². The van der Waals surface area contributed by atoms with Crippen molar-refractivity contribution in [1.82, 2.24) is 8.96 Å². The van der Waals surface area contributed by atoms with E-state index in [0.717, 1.165) is 18.7 Å². The van der Waals surface area contributed by atoms with Gasteiger partial charge < -0.3 is 9.64 Å². The van der Waals surface area contributed by atoms with Gasteiger partial charge in [0.15, 0.2) is 0 Å². The fourth-order valence-corrected chi connectivity index (χ4v) is 3.56. The first-order valence-corrected chi connectivity index (χ1v) is 8.18. The van der Waals surface area contributed by atoms with Gasteiger partial charge in [0.2, 0.25) is 0 Å². The van der Waals surface area contributed by atoms with Crippen LogP contribution in [-0.2, 0) is 4.74 Å². The SMILES string of the molecule is CC.Cc1cn(S)c2ncc(N3CC4CCC(C3)O4)cc12. The molecule has 2 aliphatic rings. The van der Waals surface area contributed by atoms with E-state index in [2.05, 4.69) is 35.7 Å². The van der Waals surface area contributed by atoms with Crippen LogP contribution in [0.5, 0.6) is 0 Å². The highest BCUT2D eigenvalue weighted by Crippen LogP contribution is 2.31. The predicted molar refractivity (Wildman–Crippen MR) is 90.3 cm³/mol. The molecule has 21 heavy (non-hydrogen) atoms. The van der Waals surface area contributed by atoms with E-state index in [0.29, 0.717) is 12.2 Å². The highest BCUT2D eigenvalue weighted by atomic mass is 32.1. The zero-order valence-electron chi connectivity index (χ0n) is 12.9. The minimum absolute atomic E-state index is 0.407. The summed E-state index contributed by atoms with van der Waals surface area (Å²) in [7, 11) is 0. The van der Waals surface area contributed by atoms with Crippen molar-refractivity contribution in [2.24, 2.45) is 0 Å². The Labute approximate surface area is 131 Å². The number of thiol groups is 1. The first-order valence-electron chi connectivity index (χ1n) is 7.78. The second-order valence-corrected chi connectivity index (χ2v) is 6.01. The van der Waals surface area contributed by atoms with E-state index in [1.54, 1.807) is 3.97 Å². The van der Waals surface area contributed by atoms with Crippen molar-refractivity contribution in [3.8, 4) is 0 Å². The lowest BCUT2D eigenvalue weighted by atomic mass is 10.2. The first kappa shape index (κ1) is 14.7. The second kappa shape index (κ2) is 5.89. The molecule has 4 nitrogen and oxygen atoms in total. The number of morpholine rings is 1. The molecule has 5 heteroatoms. The zero-order chi connectivity index (χ0) is 15.0. The van der Waals surface area contributed by atoms with Crippen molar-refractivity contribution in [3.63, 3.8) is 0 Å². The Balaban J connectivity index is 0.000000636. The molecule has 0 N–H and O–H groups in total. The topological polar surface area (TPSA) is 30.3 Å². The van der Waals surface area contributed by atoms with Crippen LogP contribution in [0.25, 0.3) is 11.0 Å². The van der Waals surface area contributed by atoms with Gasteiger partial charge in [-0.25, -0.2) is 4.98 Å². The minimum Gasteiger partial charge on any atom is -0.371 e. The lowest BCUT2D eigenvalue weighted by Gasteiger charge is -2.33. The molecule has 4 rings (SSSR count). The summed E-state index contributed by atoms with van der Waals surface area (Å²) in [5.41, 5.74) is 3.35. The van der Waals surface area contributed by atoms with Gasteiger partial charge in [-0.3, -0.25) is 3.97 Å². The van der Waals surface area contributed by atoms with Crippen molar-refractivity contribution >= 4 is 29.5 Å². The molecule has 2 aliphatic heterocycles. The fraction of sp³-hybridized carbons (Fsp3) is 0.562. The molecule has 2 fully saturated rings. The monoisotopic (exact) mass is 305 g/mol. The number of hydrogen-bond donors (Lipinski definition) is 1. The maximum atomic E-state index is 5.89. The molecule has 2 saturated heterocycles. The Bertz CT molecular complexity index is 628. The zero-order valence-corrected chi connectivity index (χ0v) is 13.8. The number of ether oxygens (including phenoxy) is 1. The summed E-state index contributed by atoms with van der Waals surface area (Å²) < 4.78 is 7.68. The van der Waals surface area contributed by atoms with Gasteiger partial charge in [-0.15, -0.1) is 0 Å². The molecule has 0 amide bonds. The lowest BCUT2D eigenvalue weighted by molar-refractivity contribution is 0.0305. The molecule has 0 saturated carbocycles. The number of pyridine rings is 1. The molecule has 0 spiro atoms. The average Bonchev–Trinajstić information content (AvgIpc) is 3.00. The third kappa shape index (κ3) is 2.64. The Kier molecular flexibility index (Phi) is 4.13. The maximum absolute atomic E-state index is 5.89. The van der Waals surface area contributed by atoms with E-state index in [1.165, 1.54) is 29.5 Å². The number of fused-ring (bicyclic) bond motifs is 3. The summed E-state index contributed by atoms with van der Waals surface area (Å²) in [5.74, 6) is 0.